The molecule has 0 heterocycles. The molecule has 1 aromatic carbocycles. The molecule has 0 aliphatic carbocycles. The van der Waals surface area contributed by atoms with Crippen molar-refractivity contribution in [2.75, 3.05) is 20.4 Å². The van der Waals surface area contributed by atoms with Crippen molar-refractivity contribution in [3.63, 3.8) is 0 Å². The van der Waals surface area contributed by atoms with Crippen LogP contribution in [-0.4, -0.2) is 26.6 Å². The zero-order valence-corrected chi connectivity index (χ0v) is 11.3. The molecule has 0 spiro atoms. The molecule has 18 heavy (non-hydrogen) atoms. The molecule has 0 saturated heterocycles. The van der Waals surface area contributed by atoms with Crippen molar-refractivity contribution in [1.82, 2.24) is 5.32 Å². The lowest BCUT2D eigenvalue weighted by atomic mass is 10.2. The van der Waals surface area contributed by atoms with E-state index >= 15 is 0 Å². The predicted octanol–water partition coefficient (Wildman–Crippen LogP) is 3.08. The van der Waals surface area contributed by atoms with E-state index in [1.807, 2.05) is 6.07 Å². The molecular weight excluding hydrogens is 315 g/mol. The van der Waals surface area contributed by atoms with E-state index < -0.39 is 19.6 Å². The van der Waals surface area contributed by atoms with Gasteiger partial charge in [0.05, 0.1) is 0 Å². The van der Waals surface area contributed by atoms with Crippen LogP contribution in [0.1, 0.15) is 5.56 Å². The number of alkyl halides is 3. The lowest BCUT2D eigenvalue weighted by Gasteiger charge is -2.12. The number of hydrogen-bond donors (Lipinski definition) is 1. The Morgan fingerprint density at radius 3 is 2.67 bits per heavy atom. The van der Waals surface area contributed by atoms with Gasteiger partial charge in [0, 0.05) is 16.6 Å². The van der Waals surface area contributed by atoms with Crippen molar-refractivity contribution in [2.24, 2.45) is 0 Å². The van der Waals surface area contributed by atoms with E-state index in [2.05, 4.69) is 26.0 Å². The average molecular weight is 328 g/mol. The van der Waals surface area contributed by atoms with Crippen molar-refractivity contribution in [1.29, 1.82) is 0 Å². The highest BCUT2D eigenvalue weighted by molar-refractivity contribution is 9.10. The van der Waals surface area contributed by atoms with Crippen LogP contribution in [0.5, 0.6) is 5.75 Å². The fourth-order valence-corrected chi connectivity index (χ4v) is 1.69. The number of hydrogen-bond acceptors (Lipinski definition) is 3. The highest BCUT2D eigenvalue weighted by atomic mass is 79.9. The lowest BCUT2D eigenvalue weighted by Crippen LogP contribution is -2.19. The van der Waals surface area contributed by atoms with Crippen LogP contribution in [0.2, 0.25) is 0 Å². The Kier molecular flexibility index (Phi) is 5.90. The minimum absolute atomic E-state index is 0.433. The van der Waals surface area contributed by atoms with E-state index in [0.717, 1.165) is 10.0 Å². The molecule has 1 rings (SSSR count). The first kappa shape index (κ1) is 15.3. The summed E-state index contributed by atoms with van der Waals surface area (Å²) in [6, 6.07) is 5.25. The zero-order chi connectivity index (χ0) is 13.6. The topological polar surface area (TPSA) is 30.5 Å². The second-order valence-corrected chi connectivity index (χ2v) is 4.42. The summed E-state index contributed by atoms with van der Waals surface area (Å²) in [4.78, 5) is 0. The van der Waals surface area contributed by atoms with Gasteiger partial charge in [-0.15, -0.1) is 0 Å². The van der Waals surface area contributed by atoms with Crippen molar-refractivity contribution < 1.29 is 22.6 Å². The molecule has 0 aliphatic heterocycles. The summed E-state index contributed by atoms with van der Waals surface area (Å²) in [5.74, 6) is 0.495. The van der Waals surface area contributed by atoms with E-state index in [4.69, 9.17) is 4.74 Å². The summed E-state index contributed by atoms with van der Waals surface area (Å²) < 4.78 is 45.9. The summed E-state index contributed by atoms with van der Waals surface area (Å²) in [6.45, 7) is -1.20. The zero-order valence-electron chi connectivity index (χ0n) is 9.68. The minimum Gasteiger partial charge on any atom is -0.467 e. The smallest absolute Gasteiger partial charge is 0.411 e. The van der Waals surface area contributed by atoms with Gasteiger partial charge in [-0.25, -0.2) is 0 Å². The summed E-state index contributed by atoms with van der Waals surface area (Å²) in [7, 11) is 1.77. The van der Waals surface area contributed by atoms with Crippen molar-refractivity contribution in [3.8, 4) is 5.75 Å². The van der Waals surface area contributed by atoms with Crippen LogP contribution in [0, 0.1) is 0 Å². The molecule has 0 radical (unpaired) electrons. The Hall–Kier alpha value is -0.790. The second kappa shape index (κ2) is 6.96. The van der Waals surface area contributed by atoms with Crippen LogP contribution in [0.3, 0.4) is 0 Å². The van der Waals surface area contributed by atoms with Gasteiger partial charge in [0.1, 0.15) is 12.4 Å². The average Bonchev–Trinajstić information content (AvgIpc) is 2.26. The van der Waals surface area contributed by atoms with Crippen molar-refractivity contribution in [2.45, 2.75) is 12.7 Å². The first-order valence-corrected chi connectivity index (χ1v) is 5.92. The van der Waals surface area contributed by atoms with E-state index in [9.17, 15) is 13.2 Å². The highest BCUT2D eigenvalue weighted by Crippen LogP contribution is 2.23. The third-order valence-electron chi connectivity index (χ3n) is 1.95. The molecule has 102 valence electrons. The molecule has 0 amide bonds. The van der Waals surface area contributed by atoms with Gasteiger partial charge in [0.2, 0.25) is 0 Å². The van der Waals surface area contributed by atoms with Crippen molar-refractivity contribution in [3.05, 3.63) is 28.2 Å². The Balaban J connectivity index is 2.51. The first-order chi connectivity index (χ1) is 8.42. The third kappa shape index (κ3) is 5.70. The Bertz CT molecular complexity index is 385. The molecule has 0 saturated carbocycles. The fraction of sp³-hybridized carbons (Fsp3) is 0.455. The number of halogens is 4. The predicted molar refractivity (Wildman–Crippen MR) is 64.4 cm³/mol. The Morgan fingerprint density at radius 1 is 1.33 bits per heavy atom. The summed E-state index contributed by atoms with van der Waals surface area (Å²) in [5.41, 5.74) is 0.836. The molecule has 0 atom stereocenters. The molecule has 0 aliphatic rings. The van der Waals surface area contributed by atoms with Gasteiger partial charge < -0.3 is 14.8 Å². The van der Waals surface area contributed by atoms with Crippen LogP contribution in [-0.2, 0) is 11.3 Å². The van der Waals surface area contributed by atoms with Crippen LogP contribution in [0.15, 0.2) is 22.7 Å². The van der Waals surface area contributed by atoms with Crippen LogP contribution in [0.4, 0.5) is 13.2 Å². The summed E-state index contributed by atoms with van der Waals surface area (Å²) >= 11 is 3.31. The van der Waals surface area contributed by atoms with E-state index in [1.165, 1.54) is 0 Å². The normalized spacial score (nSPS) is 11.6. The van der Waals surface area contributed by atoms with E-state index in [0.29, 0.717) is 12.3 Å². The number of rotatable bonds is 6. The number of ether oxygens (including phenoxy) is 2. The Labute approximate surface area is 111 Å². The van der Waals surface area contributed by atoms with E-state index in [-0.39, 0.29) is 0 Å². The minimum atomic E-state index is -4.34. The highest BCUT2D eigenvalue weighted by Gasteiger charge is 2.27. The molecule has 0 fully saturated rings. The molecule has 3 nitrogen and oxygen atoms in total. The van der Waals surface area contributed by atoms with Crippen LogP contribution < -0.4 is 10.1 Å². The monoisotopic (exact) mass is 327 g/mol. The quantitative estimate of drug-likeness (QED) is 0.643. The van der Waals surface area contributed by atoms with Gasteiger partial charge in [-0.05, 0) is 25.2 Å². The summed E-state index contributed by atoms with van der Waals surface area (Å²) in [6.07, 6.45) is -4.34. The maximum absolute atomic E-state index is 11.8. The summed E-state index contributed by atoms with van der Waals surface area (Å²) in [5, 5.41) is 2.94. The second-order valence-electron chi connectivity index (χ2n) is 3.51. The standard InChI is InChI=1S/C11H13BrF3NO2/c1-16-5-8-4-9(12)2-3-10(8)18-7-17-6-11(13,14)15/h2-4,16H,5-7H2,1H3. The molecule has 0 unspecified atom stereocenters. The SMILES string of the molecule is CNCc1cc(Br)ccc1OCOCC(F)(F)F. The molecule has 0 aromatic heterocycles. The first-order valence-electron chi connectivity index (χ1n) is 5.12. The fourth-order valence-electron chi connectivity index (χ4n) is 1.28. The van der Waals surface area contributed by atoms with Crippen LogP contribution >= 0.6 is 15.9 Å². The maximum Gasteiger partial charge on any atom is 0.411 e. The molecule has 1 aromatic rings. The molecule has 0 bridgehead atoms. The maximum atomic E-state index is 11.8. The lowest BCUT2D eigenvalue weighted by molar-refractivity contribution is -0.186. The molecule has 7 heteroatoms. The van der Waals surface area contributed by atoms with Gasteiger partial charge in [-0.1, -0.05) is 15.9 Å². The molecular formula is C11H13BrF3NO2. The van der Waals surface area contributed by atoms with Gasteiger partial charge >= 0.3 is 6.18 Å². The van der Waals surface area contributed by atoms with Gasteiger partial charge in [-0.3, -0.25) is 0 Å². The van der Waals surface area contributed by atoms with Crippen molar-refractivity contribution >= 4 is 15.9 Å². The van der Waals surface area contributed by atoms with Gasteiger partial charge in [-0.2, -0.15) is 13.2 Å². The third-order valence-corrected chi connectivity index (χ3v) is 2.45. The van der Waals surface area contributed by atoms with Gasteiger partial charge in [0.15, 0.2) is 6.79 Å². The van der Waals surface area contributed by atoms with Crippen LogP contribution in [0.25, 0.3) is 0 Å². The number of benzene rings is 1. The number of nitrogens with one attached hydrogen (secondary N) is 1. The Morgan fingerprint density at radius 2 is 2.06 bits per heavy atom. The molecule has 1 N–H and O–H groups in total. The van der Waals surface area contributed by atoms with E-state index in [1.54, 1.807) is 19.2 Å². The van der Waals surface area contributed by atoms with Gasteiger partial charge in [0.25, 0.3) is 0 Å². The largest absolute Gasteiger partial charge is 0.467 e.